The molecule has 68 heavy (non-hydrogen) atoms. The average Bonchev–Trinajstić information content (AvgIpc) is 3.36. The van der Waals surface area contributed by atoms with Gasteiger partial charge in [0.15, 0.2) is 6.29 Å². The van der Waals surface area contributed by atoms with Crippen molar-refractivity contribution in [2.24, 2.45) is 22.9 Å². The van der Waals surface area contributed by atoms with Gasteiger partial charge in [-0.1, -0.05) is 126 Å². The van der Waals surface area contributed by atoms with Crippen LogP contribution in [0.2, 0.25) is 0 Å². The van der Waals surface area contributed by atoms with E-state index in [9.17, 15) is 19.8 Å². The molecule has 1 fully saturated rings. The Kier molecular flexibility index (Phi) is 21.0. The fourth-order valence-electron chi connectivity index (χ4n) is 10.9. The molecule has 0 spiro atoms. The lowest BCUT2D eigenvalue weighted by atomic mass is 9.55. The second kappa shape index (κ2) is 27.3. The number of aldehydes is 1. The van der Waals surface area contributed by atoms with Crippen LogP contribution in [0.1, 0.15) is 157 Å². The first-order chi connectivity index (χ1) is 33.4. The predicted molar refractivity (Wildman–Crippen MR) is 268 cm³/mol. The van der Waals surface area contributed by atoms with Gasteiger partial charge in [-0.05, 0) is 97.9 Å². The number of carbonyl (C=O) groups excluding carboxylic acids is 2. The van der Waals surface area contributed by atoms with Crippen molar-refractivity contribution in [1.29, 1.82) is 0 Å². The zero-order chi connectivity index (χ0) is 48.1. The minimum Gasteiger partial charge on any atom is -0.496 e. The van der Waals surface area contributed by atoms with Crippen molar-refractivity contribution in [3.05, 3.63) is 108 Å². The molecule has 2 aliphatic carbocycles. The number of hydrogen-bond acceptors (Lipinski definition) is 10. The number of carbonyl (C=O) groups is 2. The zero-order valence-corrected chi connectivity index (χ0v) is 41.1. The van der Waals surface area contributed by atoms with E-state index in [0.29, 0.717) is 60.8 Å². The monoisotopic (exact) mass is 935 g/mol. The highest BCUT2D eigenvalue weighted by atomic mass is 16.7. The Hall–Kier alpha value is -4.97. The molecule has 6 atom stereocenters. The Morgan fingerprint density at radius 3 is 2.26 bits per heavy atom. The quantitative estimate of drug-likeness (QED) is 0.0280. The van der Waals surface area contributed by atoms with Crippen LogP contribution >= 0.6 is 0 Å². The van der Waals surface area contributed by atoms with Gasteiger partial charge in [-0.25, -0.2) is 0 Å². The molecule has 1 heterocycles. The van der Waals surface area contributed by atoms with Gasteiger partial charge in [-0.3, -0.25) is 9.59 Å². The number of hydrogen-bond donors (Lipinski definition) is 2. The summed E-state index contributed by atoms with van der Waals surface area (Å²) in [5, 5.41) is 25.1. The molecule has 0 radical (unpaired) electrons. The number of oxime groups is 1. The molecule has 1 amide bonds. The van der Waals surface area contributed by atoms with E-state index in [1.54, 1.807) is 24.3 Å². The number of nitrogens with zero attached hydrogens (tertiary/aromatic N) is 2. The van der Waals surface area contributed by atoms with Crippen molar-refractivity contribution >= 4 is 17.9 Å². The molecule has 11 heteroatoms. The minimum absolute atomic E-state index is 0.0591. The van der Waals surface area contributed by atoms with Gasteiger partial charge in [0.2, 0.25) is 11.7 Å². The molecular weight excluding hydrogens is 857 g/mol. The predicted octanol–water partition coefficient (Wildman–Crippen LogP) is 12.3. The summed E-state index contributed by atoms with van der Waals surface area (Å²) < 4.78 is 26.6. The van der Waals surface area contributed by atoms with E-state index in [2.05, 4.69) is 32.6 Å². The lowest BCUT2D eigenvalue weighted by molar-refractivity contribution is -0.257. The lowest BCUT2D eigenvalue weighted by Gasteiger charge is -2.60. The molecule has 0 saturated heterocycles. The molecule has 3 aromatic rings. The summed E-state index contributed by atoms with van der Waals surface area (Å²) >= 11 is 0. The van der Waals surface area contributed by atoms with Crippen LogP contribution in [0.3, 0.4) is 0 Å². The molecule has 1 aliphatic heterocycles. The number of fused-ring (bicyclic) bond motifs is 2. The first-order valence-electron chi connectivity index (χ1n) is 25.7. The summed E-state index contributed by atoms with van der Waals surface area (Å²) in [6.45, 7) is 9.65. The number of benzene rings is 3. The highest BCUT2D eigenvalue weighted by Gasteiger charge is 2.65. The van der Waals surface area contributed by atoms with E-state index < -0.39 is 17.7 Å². The number of aliphatic hydroxyl groups is 2. The van der Waals surface area contributed by atoms with Crippen LogP contribution < -0.4 is 14.2 Å². The van der Waals surface area contributed by atoms with Crippen molar-refractivity contribution in [1.82, 2.24) is 4.90 Å². The summed E-state index contributed by atoms with van der Waals surface area (Å²) in [7, 11) is 1.53. The van der Waals surface area contributed by atoms with Crippen LogP contribution in [-0.2, 0) is 21.0 Å². The standard InChI is InChI=1S/C57H78N2O9/c1-5-8-9-10-11-12-13-14-18-27-54(63)59(32-6-2)53-39-50(58-66-41-42-23-16-15-17-24-42)48-37-43(25-19-21-33-60)47(26-20-22-34-61)55-49-38-46(67-45-28-30-51(64-4)44(36-45)40-62)29-31-52(49)68-57(53,56(48)55)65-35-7-3/h7,15-17,23-24,28-31,36-38,40,43,47,53,55-56,60-61H,3,5-6,8-14,18-22,25-27,32-35,39,41H2,1-2,4H3. The second-order valence-corrected chi connectivity index (χ2v) is 18.8. The van der Waals surface area contributed by atoms with E-state index in [1.807, 2.05) is 47.4 Å². The molecule has 6 rings (SSSR count). The molecular formula is C57H78N2O9. The molecule has 0 bridgehead atoms. The lowest BCUT2D eigenvalue weighted by Crippen LogP contribution is -2.70. The van der Waals surface area contributed by atoms with Crippen molar-refractivity contribution in [2.45, 2.75) is 154 Å². The highest BCUT2D eigenvalue weighted by Crippen LogP contribution is 2.62. The van der Waals surface area contributed by atoms with Crippen LogP contribution in [0.15, 0.2) is 96.2 Å². The van der Waals surface area contributed by atoms with Gasteiger partial charge in [0.05, 0.1) is 30.9 Å². The van der Waals surface area contributed by atoms with Gasteiger partial charge in [0.25, 0.3) is 0 Å². The number of ether oxygens (including phenoxy) is 4. The molecule has 3 aliphatic rings. The molecule has 2 N–H and O–H groups in total. The average molecular weight is 935 g/mol. The Morgan fingerprint density at radius 1 is 0.868 bits per heavy atom. The molecule has 370 valence electrons. The molecule has 11 nitrogen and oxygen atoms in total. The summed E-state index contributed by atoms with van der Waals surface area (Å²) in [4.78, 5) is 35.2. The summed E-state index contributed by atoms with van der Waals surface area (Å²) in [6, 6.07) is 20.5. The number of methoxy groups -OCH3 is 1. The second-order valence-electron chi connectivity index (χ2n) is 18.8. The Bertz CT molecular complexity index is 2100. The fourth-order valence-corrected chi connectivity index (χ4v) is 10.9. The normalized spacial score (nSPS) is 22.0. The smallest absolute Gasteiger partial charge is 0.239 e. The van der Waals surface area contributed by atoms with Gasteiger partial charge in [0, 0.05) is 44.1 Å². The van der Waals surface area contributed by atoms with E-state index in [4.69, 9.17) is 28.9 Å². The van der Waals surface area contributed by atoms with E-state index >= 15 is 0 Å². The largest absolute Gasteiger partial charge is 0.496 e. The molecule has 0 aromatic heterocycles. The number of allylic oxidation sites excluding steroid dienone is 1. The Balaban J connectivity index is 1.48. The summed E-state index contributed by atoms with van der Waals surface area (Å²) in [6.07, 6.45) is 21.5. The van der Waals surface area contributed by atoms with Crippen LogP contribution in [0, 0.1) is 17.8 Å². The maximum Gasteiger partial charge on any atom is 0.239 e. The van der Waals surface area contributed by atoms with E-state index in [-0.39, 0.29) is 50.1 Å². The first-order valence-corrected chi connectivity index (χ1v) is 25.7. The van der Waals surface area contributed by atoms with E-state index in [1.165, 1.54) is 45.6 Å². The minimum atomic E-state index is -1.33. The van der Waals surface area contributed by atoms with Crippen molar-refractivity contribution in [2.75, 3.05) is 33.5 Å². The summed E-state index contributed by atoms with van der Waals surface area (Å²) in [5.41, 5.74) is 4.09. The molecule has 6 unspecified atom stereocenters. The topological polar surface area (TPSA) is 136 Å². The van der Waals surface area contributed by atoms with Crippen molar-refractivity contribution in [3.63, 3.8) is 0 Å². The Morgan fingerprint density at radius 2 is 1.57 bits per heavy atom. The molecule has 3 aromatic carbocycles. The van der Waals surface area contributed by atoms with Gasteiger partial charge < -0.3 is 38.9 Å². The van der Waals surface area contributed by atoms with Gasteiger partial charge in [0.1, 0.15) is 35.6 Å². The van der Waals surface area contributed by atoms with Crippen LogP contribution in [0.5, 0.6) is 23.0 Å². The van der Waals surface area contributed by atoms with Gasteiger partial charge >= 0.3 is 0 Å². The fraction of sp³-hybridized carbons (Fsp3) is 0.561. The maximum atomic E-state index is 14.9. The third-order valence-electron chi connectivity index (χ3n) is 14.1. The van der Waals surface area contributed by atoms with Crippen molar-refractivity contribution < 1.29 is 43.6 Å². The maximum absolute atomic E-state index is 14.9. The number of aliphatic hydroxyl groups excluding tert-OH is 2. The van der Waals surface area contributed by atoms with E-state index in [0.717, 1.165) is 80.1 Å². The SMILES string of the molecule is C=CCOC12Oc3ccc(Oc4ccc(OC)c(C=O)c4)cc3C3C(CCCCO)C(CCCCO)C=C(C(=NOCc4ccccc4)CC1N(CCC)C(=O)CCCCCCCCCCC)C32. The van der Waals surface area contributed by atoms with Crippen LogP contribution in [-0.4, -0.2) is 78.3 Å². The van der Waals surface area contributed by atoms with Crippen LogP contribution in [0.25, 0.3) is 0 Å². The van der Waals surface area contributed by atoms with Crippen LogP contribution in [0.4, 0.5) is 0 Å². The highest BCUT2D eigenvalue weighted by molar-refractivity contribution is 6.03. The van der Waals surface area contributed by atoms with Crippen molar-refractivity contribution in [3.8, 4) is 23.0 Å². The molecule has 1 saturated carbocycles. The third kappa shape index (κ3) is 13.2. The first kappa shape index (κ1) is 52.4. The number of rotatable bonds is 31. The summed E-state index contributed by atoms with van der Waals surface area (Å²) in [5.74, 6) is 0.434. The van der Waals surface area contributed by atoms with Gasteiger partial charge in [-0.2, -0.15) is 0 Å². The number of unbranched alkanes of at least 4 members (excludes halogenated alkanes) is 10. The Labute approximate surface area is 405 Å². The van der Waals surface area contributed by atoms with Gasteiger partial charge in [-0.15, -0.1) is 6.58 Å². The number of amides is 1. The third-order valence-corrected chi connectivity index (χ3v) is 14.1. The zero-order valence-electron chi connectivity index (χ0n) is 41.1.